The van der Waals surface area contributed by atoms with Gasteiger partial charge in [0.2, 0.25) is 0 Å². The summed E-state index contributed by atoms with van der Waals surface area (Å²) < 4.78 is 0. The first-order valence-corrected chi connectivity index (χ1v) is 5.72. The van der Waals surface area contributed by atoms with Gasteiger partial charge in [-0.25, -0.2) is 0 Å². The molecule has 2 rings (SSSR count). The summed E-state index contributed by atoms with van der Waals surface area (Å²) in [6.07, 6.45) is 1.07. The number of aryl methyl sites for hydroxylation is 1. The summed E-state index contributed by atoms with van der Waals surface area (Å²) in [6.45, 7) is 1.73. The normalized spacial score (nSPS) is 16.4. The SMILES string of the molecule is CC(N)C(=O)c1ccc2c(c1)CCS2. The predicted molar refractivity (Wildman–Crippen MR) is 58.8 cm³/mol. The van der Waals surface area contributed by atoms with Gasteiger partial charge in [-0.2, -0.15) is 0 Å². The molecule has 0 saturated carbocycles. The summed E-state index contributed by atoms with van der Waals surface area (Å²) >= 11 is 1.85. The van der Waals surface area contributed by atoms with E-state index in [-0.39, 0.29) is 5.78 Å². The Morgan fingerprint density at radius 1 is 1.57 bits per heavy atom. The largest absolute Gasteiger partial charge is 0.321 e. The maximum absolute atomic E-state index is 11.6. The van der Waals surface area contributed by atoms with Crippen molar-refractivity contribution in [1.29, 1.82) is 0 Å². The molecule has 2 N–H and O–H groups in total. The minimum atomic E-state index is -0.401. The third kappa shape index (κ3) is 1.70. The monoisotopic (exact) mass is 207 g/mol. The maximum Gasteiger partial charge on any atom is 0.179 e. The third-order valence-electron chi connectivity index (χ3n) is 2.39. The Kier molecular flexibility index (Phi) is 2.61. The molecule has 0 spiro atoms. The molecule has 0 radical (unpaired) electrons. The van der Waals surface area contributed by atoms with E-state index in [2.05, 4.69) is 0 Å². The molecule has 3 heteroatoms. The van der Waals surface area contributed by atoms with E-state index >= 15 is 0 Å². The molecule has 2 nitrogen and oxygen atoms in total. The molecule has 14 heavy (non-hydrogen) atoms. The topological polar surface area (TPSA) is 43.1 Å². The van der Waals surface area contributed by atoms with Crippen LogP contribution in [0.2, 0.25) is 0 Å². The molecule has 0 aliphatic carbocycles. The Morgan fingerprint density at radius 2 is 2.36 bits per heavy atom. The lowest BCUT2D eigenvalue weighted by atomic mass is 10.0. The van der Waals surface area contributed by atoms with E-state index < -0.39 is 6.04 Å². The molecule has 1 heterocycles. The van der Waals surface area contributed by atoms with Crippen molar-refractivity contribution >= 4 is 17.5 Å². The van der Waals surface area contributed by atoms with Gasteiger partial charge in [0.15, 0.2) is 5.78 Å². The van der Waals surface area contributed by atoms with Gasteiger partial charge in [0.25, 0.3) is 0 Å². The lowest BCUT2D eigenvalue weighted by Gasteiger charge is -2.05. The fourth-order valence-corrected chi connectivity index (χ4v) is 2.66. The fourth-order valence-electron chi connectivity index (χ4n) is 1.60. The van der Waals surface area contributed by atoms with Crippen LogP contribution in [0.3, 0.4) is 0 Å². The number of thioether (sulfide) groups is 1. The van der Waals surface area contributed by atoms with Crippen molar-refractivity contribution in [3.63, 3.8) is 0 Å². The van der Waals surface area contributed by atoms with Crippen molar-refractivity contribution in [2.45, 2.75) is 24.3 Å². The maximum atomic E-state index is 11.6. The van der Waals surface area contributed by atoms with Crippen molar-refractivity contribution in [2.24, 2.45) is 5.73 Å². The summed E-state index contributed by atoms with van der Waals surface area (Å²) in [5.74, 6) is 1.16. The van der Waals surface area contributed by atoms with Crippen LogP contribution >= 0.6 is 11.8 Å². The van der Waals surface area contributed by atoms with Gasteiger partial charge in [-0.3, -0.25) is 4.79 Å². The first kappa shape index (κ1) is 9.74. The highest BCUT2D eigenvalue weighted by Crippen LogP contribution is 2.31. The quantitative estimate of drug-likeness (QED) is 0.753. The van der Waals surface area contributed by atoms with Crippen LogP contribution in [-0.2, 0) is 6.42 Å². The van der Waals surface area contributed by atoms with Crippen molar-refractivity contribution in [2.75, 3.05) is 5.75 Å². The fraction of sp³-hybridized carbons (Fsp3) is 0.364. The van der Waals surface area contributed by atoms with Crippen LogP contribution in [0.15, 0.2) is 23.1 Å². The van der Waals surface area contributed by atoms with Gasteiger partial charge in [0.05, 0.1) is 6.04 Å². The Hall–Kier alpha value is -0.800. The average Bonchev–Trinajstić information content (AvgIpc) is 2.62. The molecule has 1 unspecified atom stereocenters. The van der Waals surface area contributed by atoms with Gasteiger partial charge in [0.1, 0.15) is 0 Å². The average molecular weight is 207 g/mol. The molecule has 74 valence electrons. The minimum Gasteiger partial charge on any atom is -0.321 e. The van der Waals surface area contributed by atoms with Crippen LogP contribution in [0.4, 0.5) is 0 Å². The third-order valence-corrected chi connectivity index (χ3v) is 3.51. The number of rotatable bonds is 2. The van der Waals surface area contributed by atoms with Crippen molar-refractivity contribution in [3.05, 3.63) is 29.3 Å². The molecular weight excluding hydrogens is 194 g/mol. The summed E-state index contributed by atoms with van der Waals surface area (Å²) in [5, 5.41) is 0. The molecule has 1 aliphatic rings. The Labute approximate surface area is 87.9 Å². The van der Waals surface area contributed by atoms with Crippen molar-refractivity contribution in [3.8, 4) is 0 Å². The number of benzene rings is 1. The molecule has 1 atom stereocenters. The van der Waals surface area contributed by atoms with Crippen LogP contribution < -0.4 is 5.73 Å². The first-order valence-electron chi connectivity index (χ1n) is 4.74. The smallest absolute Gasteiger partial charge is 0.179 e. The number of Topliss-reactive ketones (excluding diaryl/α,β-unsaturated/α-hetero) is 1. The Balaban J connectivity index is 2.33. The van der Waals surface area contributed by atoms with E-state index in [0.717, 1.165) is 17.7 Å². The minimum absolute atomic E-state index is 0.0321. The zero-order valence-corrected chi connectivity index (χ0v) is 8.93. The second-order valence-corrected chi connectivity index (χ2v) is 4.71. The summed E-state index contributed by atoms with van der Waals surface area (Å²) in [4.78, 5) is 12.9. The lowest BCUT2D eigenvalue weighted by Crippen LogP contribution is -2.26. The van der Waals surface area contributed by atoms with E-state index in [0.29, 0.717) is 0 Å². The van der Waals surface area contributed by atoms with E-state index in [1.54, 1.807) is 6.92 Å². The van der Waals surface area contributed by atoms with E-state index in [1.807, 2.05) is 30.0 Å². The highest BCUT2D eigenvalue weighted by atomic mass is 32.2. The second kappa shape index (κ2) is 3.75. The van der Waals surface area contributed by atoms with Crippen LogP contribution in [0.1, 0.15) is 22.8 Å². The van der Waals surface area contributed by atoms with E-state index in [4.69, 9.17) is 5.73 Å². The molecule has 1 aromatic rings. The molecule has 0 bridgehead atoms. The molecule has 0 saturated heterocycles. The molecular formula is C11H13NOS. The molecule has 1 aromatic carbocycles. The van der Waals surface area contributed by atoms with Gasteiger partial charge < -0.3 is 5.73 Å². The zero-order valence-electron chi connectivity index (χ0n) is 8.12. The van der Waals surface area contributed by atoms with Gasteiger partial charge >= 0.3 is 0 Å². The van der Waals surface area contributed by atoms with Crippen LogP contribution in [0.25, 0.3) is 0 Å². The number of hydrogen-bond acceptors (Lipinski definition) is 3. The number of fused-ring (bicyclic) bond motifs is 1. The summed E-state index contributed by atoms with van der Waals surface area (Å²) in [6, 6.07) is 5.49. The van der Waals surface area contributed by atoms with Gasteiger partial charge in [-0.05, 0) is 31.0 Å². The predicted octanol–water partition coefficient (Wildman–Crippen LogP) is 1.86. The van der Waals surface area contributed by atoms with Gasteiger partial charge in [-0.1, -0.05) is 6.07 Å². The highest BCUT2D eigenvalue weighted by molar-refractivity contribution is 7.99. The zero-order chi connectivity index (χ0) is 10.1. The lowest BCUT2D eigenvalue weighted by molar-refractivity contribution is 0.0968. The number of ketones is 1. The van der Waals surface area contributed by atoms with Crippen LogP contribution in [-0.4, -0.2) is 17.6 Å². The Bertz CT molecular complexity index is 374. The number of hydrogen-bond donors (Lipinski definition) is 1. The highest BCUT2D eigenvalue weighted by Gasteiger charge is 2.16. The summed E-state index contributed by atoms with van der Waals surface area (Å²) in [7, 11) is 0. The molecule has 0 amide bonds. The van der Waals surface area contributed by atoms with Crippen molar-refractivity contribution in [1.82, 2.24) is 0 Å². The van der Waals surface area contributed by atoms with Gasteiger partial charge in [0, 0.05) is 16.2 Å². The standard InChI is InChI=1S/C11H13NOS/c1-7(12)11(13)9-2-3-10-8(6-9)4-5-14-10/h2-3,6-7H,4-5,12H2,1H3. The van der Waals surface area contributed by atoms with Crippen LogP contribution in [0, 0.1) is 0 Å². The second-order valence-electron chi connectivity index (χ2n) is 3.57. The van der Waals surface area contributed by atoms with E-state index in [9.17, 15) is 4.79 Å². The van der Waals surface area contributed by atoms with Gasteiger partial charge in [-0.15, -0.1) is 11.8 Å². The Morgan fingerprint density at radius 3 is 3.07 bits per heavy atom. The molecule has 0 fully saturated rings. The first-order chi connectivity index (χ1) is 6.68. The van der Waals surface area contributed by atoms with Crippen LogP contribution in [0.5, 0.6) is 0 Å². The van der Waals surface area contributed by atoms with E-state index in [1.165, 1.54) is 10.5 Å². The van der Waals surface area contributed by atoms with Crippen molar-refractivity contribution < 1.29 is 4.79 Å². The number of nitrogens with two attached hydrogens (primary N) is 1. The molecule has 0 aromatic heterocycles. The number of carbonyl (C=O) groups excluding carboxylic acids is 1. The molecule has 1 aliphatic heterocycles. The summed E-state index contributed by atoms with van der Waals surface area (Å²) in [5.41, 5.74) is 7.60. The number of carbonyl (C=O) groups is 1.